The van der Waals surface area contributed by atoms with Crippen molar-refractivity contribution in [3.8, 4) is 0 Å². The van der Waals surface area contributed by atoms with Gasteiger partial charge in [0.1, 0.15) is 0 Å². The molecular formula is C25H31N3O4S. The molecule has 7 nitrogen and oxygen atoms in total. The van der Waals surface area contributed by atoms with Gasteiger partial charge in [0.2, 0.25) is 21.8 Å². The van der Waals surface area contributed by atoms with Crippen LogP contribution in [-0.4, -0.2) is 37.6 Å². The van der Waals surface area contributed by atoms with Gasteiger partial charge in [-0.15, -0.1) is 0 Å². The number of para-hydroxylation sites is 1. The van der Waals surface area contributed by atoms with Crippen LogP contribution in [-0.2, 0) is 26.0 Å². The van der Waals surface area contributed by atoms with Crippen LogP contribution in [0.2, 0.25) is 0 Å². The second-order valence-electron chi connectivity index (χ2n) is 8.93. The molecule has 1 unspecified atom stereocenters. The zero-order valence-corrected chi connectivity index (χ0v) is 19.8. The Bertz CT molecular complexity index is 1140. The molecule has 2 aliphatic rings. The van der Waals surface area contributed by atoms with Crippen molar-refractivity contribution in [2.24, 2.45) is 5.92 Å². The van der Waals surface area contributed by atoms with Crippen molar-refractivity contribution in [2.75, 3.05) is 23.7 Å². The Hall–Kier alpha value is -2.71. The predicted molar refractivity (Wildman–Crippen MR) is 129 cm³/mol. The molecule has 1 atom stereocenters. The summed E-state index contributed by atoms with van der Waals surface area (Å²) in [5.74, 6) is -0.561. The summed E-state index contributed by atoms with van der Waals surface area (Å²) in [6, 6.07) is 12.7. The highest BCUT2D eigenvalue weighted by Crippen LogP contribution is 2.28. The Morgan fingerprint density at radius 3 is 2.58 bits per heavy atom. The lowest BCUT2D eigenvalue weighted by Crippen LogP contribution is -2.32. The molecule has 176 valence electrons. The Labute approximate surface area is 195 Å². The highest BCUT2D eigenvalue weighted by molar-refractivity contribution is 7.89. The predicted octanol–water partition coefficient (Wildman–Crippen LogP) is 4.09. The molecule has 0 bridgehead atoms. The highest BCUT2D eigenvalue weighted by Gasteiger charge is 2.28. The van der Waals surface area contributed by atoms with E-state index in [2.05, 4.69) is 10.6 Å². The molecule has 2 amide bonds. The van der Waals surface area contributed by atoms with E-state index < -0.39 is 10.0 Å². The summed E-state index contributed by atoms with van der Waals surface area (Å²) in [5, 5.41) is 5.72. The van der Waals surface area contributed by atoms with E-state index in [4.69, 9.17) is 0 Å². The summed E-state index contributed by atoms with van der Waals surface area (Å²) in [6.07, 6.45) is 5.05. The molecule has 0 radical (unpaired) electrons. The van der Waals surface area contributed by atoms with Gasteiger partial charge in [0.15, 0.2) is 0 Å². The van der Waals surface area contributed by atoms with Crippen LogP contribution in [0.1, 0.15) is 49.7 Å². The average Bonchev–Trinajstić information content (AvgIpc) is 3.09. The molecule has 2 heterocycles. The van der Waals surface area contributed by atoms with Crippen LogP contribution < -0.4 is 10.6 Å². The number of anilines is 2. The van der Waals surface area contributed by atoms with Crippen molar-refractivity contribution in [3.63, 3.8) is 0 Å². The van der Waals surface area contributed by atoms with Crippen LogP contribution in [0.25, 0.3) is 0 Å². The lowest BCUT2D eigenvalue weighted by atomic mass is 9.89. The third-order valence-corrected chi connectivity index (χ3v) is 8.53. The summed E-state index contributed by atoms with van der Waals surface area (Å²) in [6.45, 7) is 2.84. The van der Waals surface area contributed by atoms with Gasteiger partial charge in [-0.25, -0.2) is 8.42 Å². The van der Waals surface area contributed by atoms with E-state index in [1.165, 1.54) is 0 Å². The zero-order valence-electron chi connectivity index (χ0n) is 19.0. The van der Waals surface area contributed by atoms with Crippen LogP contribution in [0, 0.1) is 12.8 Å². The minimum Gasteiger partial charge on any atom is -0.326 e. The van der Waals surface area contributed by atoms with Crippen molar-refractivity contribution in [2.45, 2.75) is 56.8 Å². The van der Waals surface area contributed by atoms with E-state index in [-0.39, 0.29) is 29.0 Å². The topological polar surface area (TPSA) is 95.6 Å². The summed E-state index contributed by atoms with van der Waals surface area (Å²) in [7, 11) is -3.61. The average molecular weight is 470 g/mol. The molecule has 1 fully saturated rings. The minimum atomic E-state index is -3.61. The van der Waals surface area contributed by atoms with E-state index in [0.29, 0.717) is 37.2 Å². The molecule has 2 aliphatic heterocycles. The van der Waals surface area contributed by atoms with Gasteiger partial charge >= 0.3 is 0 Å². The van der Waals surface area contributed by atoms with Crippen LogP contribution in [0.4, 0.5) is 11.4 Å². The molecular weight excluding hydrogens is 438 g/mol. The fraction of sp³-hybridized carbons (Fsp3) is 0.440. The lowest BCUT2D eigenvalue weighted by Gasteiger charge is -2.24. The van der Waals surface area contributed by atoms with Crippen LogP contribution in [0.15, 0.2) is 47.4 Å². The molecule has 0 spiro atoms. The number of aryl methyl sites for hydroxylation is 1. The van der Waals surface area contributed by atoms with Gasteiger partial charge in [-0.1, -0.05) is 37.1 Å². The van der Waals surface area contributed by atoms with Gasteiger partial charge in [0.05, 0.1) is 4.90 Å². The third kappa shape index (κ3) is 5.45. The first-order chi connectivity index (χ1) is 15.8. The molecule has 33 heavy (non-hydrogen) atoms. The summed E-state index contributed by atoms with van der Waals surface area (Å²) >= 11 is 0. The summed E-state index contributed by atoms with van der Waals surface area (Å²) in [4.78, 5) is 25.2. The number of rotatable bonds is 6. The standard InChI is InChI=1S/C25H31N3O4S/c1-18-10-12-21(17-23(18)33(31,32)28-14-6-2-3-7-15-28)26-24(29)13-11-20-16-19-8-4-5-9-22(19)27-25(20)30/h4-5,8-10,12,17,20H,2-3,6-7,11,13-16H2,1H3,(H,26,29)(H,27,30). The molecule has 0 saturated carbocycles. The van der Waals surface area contributed by atoms with Crippen LogP contribution in [0.3, 0.4) is 0 Å². The molecule has 2 aromatic rings. The van der Waals surface area contributed by atoms with Crippen molar-refractivity contribution < 1.29 is 18.0 Å². The van der Waals surface area contributed by atoms with Crippen molar-refractivity contribution >= 4 is 33.2 Å². The number of fused-ring (bicyclic) bond motifs is 1. The van der Waals surface area contributed by atoms with Crippen molar-refractivity contribution in [1.29, 1.82) is 0 Å². The minimum absolute atomic E-state index is 0.0670. The molecule has 0 aromatic heterocycles. The summed E-state index contributed by atoms with van der Waals surface area (Å²) in [5.41, 5.74) is 3.03. The van der Waals surface area contributed by atoms with Crippen LogP contribution in [0.5, 0.6) is 0 Å². The Morgan fingerprint density at radius 1 is 1.09 bits per heavy atom. The number of carbonyl (C=O) groups is 2. The van der Waals surface area contributed by atoms with E-state index in [1.54, 1.807) is 29.4 Å². The number of sulfonamides is 1. The van der Waals surface area contributed by atoms with E-state index in [9.17, 15) is 18.0 Å². The zero-order chi connectivity index (χ0) is 23.4. The van der Waals surface area contributed by atoms with Gasteiger partial charge < -0.3 is 10.6 Å². The Kier molecular flexibility index (Phi) is 7.14. The van der Waals surface area contributed by atoms with E-state index in [1.807, 2.05) is 24.3 Å². The molecule has 0 aliphatic carbocycles. The maximum Gasteiger partial charge on any atom is 0.243 e. The van der Waals surface area contributed by atoms with Crippen molar-refractivity contribution in [1.82, 2.24) is 4.31 Å². The first kappa shape index (κ1) is 23.4. The maximum atomic E-state index is 13.2. The SMILES string of the molecule is Cc1ccc(NC(=O)CCC2Cc3ccccc3NC2=O)cc1S(=O)(=O)N1CCCCCC1. The highest BCUT2D eigenvalue weighted by atomic mass is 32.2. The first-order valence-electron chi connectivity index (χ1n) is 11.6. The number of carbonyl (C=O) groups excluding carboxylic acids is 2. The largest absolute Gasteiger partial charge is 0.326 e. The van der Waals surface area contributed by atoms with Gasteiger partial charge in [0, 0.05) is 36.8 Å². The Balaban J connectivity index is 1.40. The second-order valence-corrected chi connectivity index (χ2v) is 10.8. The van der Waals surface area contributed by atoms with Gasteiger partial charge in [-0.05, 0) is 61.9 Å². The van der Waals surface area contributed by atoms with Gasteiger partial charge in [-0.3, -0.25) is 9.59 Å². The van der Waals surface area contributed by atoms with E-state index >= 15 is 0 Å². The Morgan fingerprint density at radius 2 is 1.82 bits per heavy atom. The summed E-state index contributed by atoms with van der Waals surface area (Å²) < 4.78 is 28.0. The van der Waals surface area contributed by atoms with Gasteiger partial charge in [-0.2, -0.15) is 4.31 Å². The fourth-order valence-corrected chi connectivity index (χ4v) is 6.32. The molecule has 1 saturated heterocycles. The van der Waals surface area contributed by atoms with E-state index in [0.717, 1.165) is 36.9 Å². The third-order valence-electron chi connectivity index (χ3n) is 6.49. The quantitative estimate of drug-likeness (QED) is 0.666. The van der Waals surface area contributed by atoms with Gasteiger partial charge in [0.25, 0.3) is 0 Å². The fourth-order valence-electron chi connectivity index (χ4n) is 4.55. The maximum absolute atomic E-state index is 13.2. The number of hydrogen-bond donors (Lipinski definition) is 2. The second kappa shape index (κ2) is 10.1. The number of benzene rings is 2. The van der Waals surface area contributed by atoms with Crippen LogP contribution >= 0.6 is 0 Å². The molecule has 4 rings (SSSR count). The molecule has 2 aromatic carbocycles. The monoisotopic (exact) mass is 469 g/mol. The van der Waals surface area contributed by atoms with Crippen molar-refractivity contribution in [3.05, 3.63) is 53.6 Å². The lowest BCUT2D eigenvalue weighted by molar-refractivity contribution is -0.121. The number of nitrogens with one attached hydrogen (secondary N) is 2. The number of hydrogen-bond acceptors (Lipinski definition) is 4. The normalized spacial score (nSPS) is 19.3. The number of amides is 2. The smallest absolute Gasteiger partial charge is 0.243 e. The molecule has 2 N–H and O–H groups in total. The number of nitrogens with zero attached hydrogens (tertiary/aromatic N) is 1. The first-order valence-corrected chi connectivity index (χ1v) is 13.1. The molecule has 8 heteroatoms.